The van der Waals surface area contributed by atoms with Gasteiger partial charge in [-0.2, -0.15) is 4.98 Å². The molecule has 11 heavy (non-hydrogen) atoms. The first-order valence-electron chi connectivity index (χ1n) is 3.21. The summed E-state index contributed by atoms with van der Waals surface area (Å²) in [6, 6.07) is 0.0704. The van der Waals surface area contributed by atoms with E-state index in [1.807, 2.05) is 13.8 Å². The van der Waals surface area contributed by atoms with Crippen LogP contribution >= 0.6 is 0 Å². The van der Waals surface area contributed by atoms with Crippen molar-refractivity contribution in [1.82, 2.24) is 15.5 Å². The molecule has 1 aromatic heterocycles. The molecule has 5 heteroatoms. The lowest BCUT2D eigenvalue weighted by Crippen LogP contribution is -2.30. The molecule has 0 bridgehead atoms. The van der Waals surface area contributed by atoms with Gasteiger partial charge in [0, 0.05) is 6.04 Å². The normalized spacial score (nSPS) is 10.1. The molecule has 0 unspecified atom stereocenters. The zero-order chi connectivity index (χ0) is 8.27. The van der Waals surface area contributed by atoms with Gasteiger partial charge in [0.25, 0.3) is 11.7 Å². The minimum Gasteiger partial charge on any atom is -0.347 e. The summed E-state index contributed by atoms with van der Waals surface area (Å²) in [7, 11) is 0. The smallest absolute Gasteiger partial charge is 0.316 e. The predicted octanol–water partition coefficient (Wildman–Crippen LogP) is 0.00799. The second-order valence-corrected chi connectivity index (χ2v) is 2.34. The SMILES string of the molecule is CC(C)NC(=O)c1n[c]on1. The van der Waals surface area contributed by atoms with Gasteiger partial charge in [0.05, 0.1) is 0 Å². The minimum atomic E-state index is -0.343. The molecule has 1 aromatic rings. The second kappa shape index (κ2) is 3.14. The summed E-state index contributed by atoms with van der Waals surface area (Å²) < 4.78 is 4.27. The van der Waals surface area contributed by atoms with E-state index < -0.39 is 0 Å². The van der Waals surface area contributed by atoms with Crippen LogP contribution in [0.3, 0.4) is 0 Å². The van der Waals surface area contributed by atoms with Crippen LogP contribution in [0.4, 0.5) is 0 Å². The number of amides is 1. The molecule has 0 aliphatic carbocycles. The van der Waals surface area contributed by atoms with Gasteiger partial charge in [-0.05, 0) is 13.8 Å². The molecule has 1 amide bonds. The van der Waals surface area contributed by atoms with Gasteiger partial charge in [0.2, 0.25) is 0 Å². The lowest BCUT2D eigenvalue weighted by molar-refractivity contribution is 0.0929. The molecule has 0 atom stereocenters. The maximum absolute atomic E-state index is 11.0. The second-order valence-electron chi connectivity index (χ2n) is 2.34. The molecule has 0 saturated heterocycles. The van der Waals surface area contributed by atoms with Crippen molar-refractivity contribution in [2.24, 2.45) is 0 Å². The van der Waals surface area contributed by atoms with Gasteiger partial charge in [-0.15, -0.1) is 0 Å². The van der Waals surface area contributed by atoms with Crippen LogP contribution in [0.25, 0.3) is 0 Å². The highest BCUT2D eigenvalue weighted by Gasteiger charge is 2.10. The van der Waals surface area contributed by atoms with E-state index in [1.54, 1.807) is 0 Å². The van der Waals surface area contributed by atoms with E-state index in [2.05, 4.69) is 26.4 Å². The largest absolute Gasteiger partial charge is 0.347 e. The van der Waals surface area contributed by atoms with Crippen LogP contribution in [0.1, 0.15) is 24.5 Å². The minimum absolute atomic E-state index is 0.0127. The summed E-state index contributed by atoms with van der Waals surface area (Å²) in [6.45, 7) is 3.70. The number of carbonyl (C=O) groups is 1. The van der Waals surface area contributed by atoms with E-state index in [1.165, 1.54) is 0 Å². The van der Waals surface area contributed by atoms with Crippen LogP contribution in [0.15, 0.2) is 4.52 Å². The van der Waals surface area contributed by atoms with E-state index in [-0.39, 0.29) is 17.8 Å². The number of carbonyl (C=O) groups excluding carboxylic acids is 1. The Morgan fingerprint density at radius 2 is 2.45 bits per heavy atom. The van der Waals surface area contributed by atoms with Gasteiger partial charge >= 0.3 is 6.39 Å². The van der Waals surface area contributed by atoms with Gasteiger partial charge in [0.15, 0.2) is 0 Å². The van der Waals surface area contributed by atoms with Crippen LogP contribution in [-0.4, -0.2) is 22.1 Å². The first-order valence-corrected chi connectivity index (χ1v) is 3.21. The highest BCUT2D eigenvalue weighted by Crippen LogP contribution is 1.88. The van der Waals surface area contributed by atoms with Crippen molar-refractivity contribution in [3.05, 3.63) is 12.2 Å². The van der Waals surface area contributed by atoms with Gasteiger partial charge in [-0.25, -0.2) is 0 Å². The topological polar surface area (TPSA) is 68.0 Å². The first-order chi connectivity index (χ1) is 5.20. The summed E-state index contributed by atoms with van der Waals surface area (Å²) in [5.74, 6) is -0.330. The Kier molecular flexibility index (Phi) is 2.20. The molecular formula is C6H8N3O2. The summed E-state index contributed by atoms with van der Waals surface area (Å²) in [4.78, 5) is 14.5. The van der Waals surface area contributed by atoms with Crippen molar-refractivity contribution < 1.29 is 9.32 Å². The fourth-order valence-corrected chi connectivity index (χ4v) is 0.567. The molecule has 5 nitrogen and oxygen atoms in total. The third kappa shape index (κ3) is 2.03. The third-order valence-corrected chi connectivity index (χ3v) is 0.947. The molecule has 1 radical (unpaired) electrons. The molecule has 1 heterocycles. The highest BCUT2D eigenvalue weighted by atomic mass is 16.5. The van der Waals surface area contributed by atoms with Crippen LogP contribution in [0.2, 0.25) is 0 Å². The van der Waals surface area contributed by atoms with Gasteiger partial charge < -0.3 is 9.84 Å². The molecule has 0 fully saturated rings. The number of hydrogen-bond donors (Lipinski definition) is 1. The third-order valence-electron chi connectivity index (χ3n) is 0.947. The summed E-state index contributed by atoms with van der Waals surface area (Å²) in [6.07, 6.45) is 2.09. The molecule has 0 aliphatic rings. The number of nitrogens with zero attached hydrogens (tertiary/aromatic N) is 2. The van der Waals surface area contributed by atoms with E-state index in [4.69, 9.17) is 0 Å². The lowest BCUT2D eigenvalue weighted by atomic mass is 10.4. The van der Waals surface area contributed by atoms with Crippen LogP contribution in [0, 0.1) is 6.39 Å². The molecule has 0 spiro atoms. The fourth-order valence-electron chi connectivity index (χ4n) is 0.567. The van der Waals surface area contributed by atoms with Crippen molar-refractivity contribution >= 4 is 5.91 Å². The zero-order valence-electron chi connectivity index (χ0n) is 6.29. The van der Waals surface area contributed by atoms with Crippen LogP contribution in [-0.2, 0) is 0 Å². The summed E-state index contributed by atoms with van der Waals surface area (Å²) >= 11 is 0. The molecule has 0 aromatic carbocycles. The van der Waals surface area contributed by atoms with Crippen molar-refractivity contribution in [3.8, 4) is 0 Å². The average molecular weight is 154 g/mol. The number of nitrogens with one attached hydrogen (secondary N) is 1. The van der Waals surface area contributed by atoms with Crippen LogP contribution < -0.4 is 5.32 Å². The molecule has 59 valence electrons. The fraction of sp³-hybridized carbons (Fsp3) is 0.500. The van der Waals surface area contributed by atoms with E-state index in [0.29, 0.717) is 0 Å². The Labute approximate surface area is 63.8 Å². The van der Waals surface area contributed by atoms with Gasteiger partial charge in [-0.1, -0.05) is 5.16 Å². The Bertz CT molecular complexity index is 230. The summed E-state index contributed by atoms with van der Waals surface area (Å²) in [5.41, 5.74) is 0. The Balaban J connectivity index is 2.57. The summed E-state index contributed by atoms with van der Waals surface area (Å²) in [5, 5.41) is 5.92. The number of aromatic nitrogens is 2. The van der Waals surface area contributed by atoms with Gasteiger partial charge in [0.1, 0.15) is 0 Å². The predicted molar refractivity (Wildman–Crippen MR) is 35.7 cm³/mol. The Hall–Kier alpha value is -1.39. The first kappa shape index (κ1) is 7.71. The van der Waals surface area contributed by atoms with E-state index in [0.717, 1.165) is 0 Å². The maximum Gasteiger partial charge on any atom is 0.316 e. The van der Waals surface area contributed by atoms with E-state index >= 15 is 0 Å². The maximum atomic E-state index is 11.0. The molecule has 0 aliphatic heterocycles. The lowest BCUT2D eigenvalue weighted by Gasteiger charge is -2.03. The van der Waals surface area contributed by atoms with Crippen molar-refractivity contribution in [1.29, 1.82) is 0 Å². The quantitative estimate of drug-likeness (QED) is 0.651. The zero-order valence-corrected chi connectivity index (χ0v) is 6.29. The van der Waals surface area contributed by atoms with E-state index in [9.17, 15) is 4.79 Å². The average Bonchev–Trinajstić information content (AvgIpc) is 2.35. The molecule has 1 rings (SSSR count). The van der Waals surface area contributed by atoms with Crippen molar-refractivity contribution in [2.45, 2.75) is 19.9 Å². The number of hydrogen-bond acceptors (Lipinski definition) is 4. The Morgan fingerprint density at radius 1 is 1.73 bits per heavy atom. The standard InChI is InChI=1S/C6H8N3O2/c1-4(2)8-6(10)5-7-3-11-9-5/h4H,1-2H3,(H,8,10). The van der Waals surface area contributed by atoms with Gasteiger partial charge in [-0.3, -0.25) is 4.79 Å². The monoisotopic (exact) mass is 154 g/mol. The molecule has 0 saturated carbocycles. The Morgan fingerprint density at radius 3 is 2.91 bits per heavy atom. The highest BCUT2D eigenvalue weighted by molar-refractivity contribution is 5.90. The van der Waals surface area contributed by atoms with Crippen LogP contribution in [0.5, 0.6) is 0 Å². The van der Waals surface area contributed by atoms with Crippen molar-refractivity contribution in [2.75, 3.05) is 0 Å². The number of rotatable bonds is 2. The molecule has 1 N–H and O–H groups in total. The molecular weight excluding hydrogens is 146 g/mol. The van der Waals surface area contributed by atoms with Crippen molar-refractivity contribution in [3.63, 3.8) is 0 Å².